The van der Waals surface area contributed by atoms with Gasteiger partial charge in [0.25, 0.3) is 5.56 Å². The lowest BCUT2D eigenvalue weighted by Gasteiger charge is -2.13. The minimum Gasteiger partial charge on any atom is -0.505 e. The van der Waals surface area contributed by atoms with Crippen molar-refractivity contribution in [3.05, 3.63) is 93.4 Å². The van der Waals surface area contributed by atoms with Crippen LogP contribution >= 0.6 is 0 Å². The summed E-state index contributed by atoms with van der Waals surface area (Å²) in [7, 11) is 0. The fourth-order valence-corrected chi connectivity index (χ4v) is 4.44. The predicted molar refractivity (Wildman–Crippen MR) is 161 cm³/mol. The zero-order valence-corrected chi connectivity index (χ0v) is 24.4. The molecule has 0 amide bonds. The summed E-state index contributed by atoms with van der Waals surface area (Å²) < 4.78 is 6.28. The van der Waals surface area contributed by atoms with Crippen LogP contribution in [0.1, 0.15) is 42.1 Å². The number of hydrogen-bond acceptors (Lipinski definition) is 8. The highest BCUT2D eigenvalue weighted by atomic mass is 16.5. The number of H-pyrrole nitrogens is 1. The first kappa shape index (κ1) is 30.1. The Hall–Kier alpha value is -4.83. The summed E-state index contributed by atoms with van der Waals surface area (Å²) in [4.78, 5) is 37.1. The van der Waals surface area contributed by atoms with E-state index in [2.05, 4.69) is 20.6 Å². The Labute approximate surface area is 244 Å². The molecule has 4 rings (SSSR count). The zero-order valence-electron chi connectivity index (χ0n) is 24.4. The lowest BCUT2D eigenvalue weighted by molar-refractivity contribution is -0.142. The first-order valence-corrected chi connectivity index (χ1v) is 13.7. The number of aromatic hydroxyl groups is 1. The smallest absolute Gasteiger partial charge is 0.319 e. The maximum absolute atomic E-state index is 13.1. The Morgan fingerprint density at radius 1 is 1.00 bits per heavy atom. The molecule has 10 nitrogen and oxygen atoms in total. The second-order valence-corrected chi connectivity index (χ2v) is 10.1. The van der Waals surface area contributed by atoms with Crippen LogP contribution in [-0.2, 0) is 14.3 Å². The van der Waals surface area contributed by atoms with Gasteiger partial charge in [-0.05, 0) is 68.1 Å². The first-order valence-electron chi connectivity index (χ1n) is 13.7. The van der Waals surface area contributed by atoms with Crippen molar-refractivity contribution in [3.63, 3.8) is 0 Å². The molecule has 0 radical (unpaired) electrons. The fraction of sp³-hybridized carbons (Fsp3) is 0.281. The van der Waals surface area contributed by atoms with Gasteiger partial charge in [0, 0.05) is 11.5 Å². The maximum atomic E-state index is 13.1. The van der Waals surface area contributed by atoms with Gasteiger partial charge in [0.2, 0.25) is 0 Å². The van der Waals surface area contributed by atoms with Gasteiger partial charge in [0.15, 0.2) is 17.2 Å². The van der Waals surface area contributed by atoms with Crippen molar-refractivity contribution in [2.45, 2.75) is 40.5 Å². The number of ether oxygens (including phenoxy) is 1. The largest absolute Gasteiger partial charge is 0.505 e. The molecule has 3 aromatic carbocycles. The van der Waals surface area contributed by atoms with E-state index >= 15 is 0 Å². The van der Waals surface area contributed by atoms with Crippen LogP contribution in [0.5, 0.6) is 5.75 Å². The molecule has 0 aliphatic carbocycles. The lowest BCUT2D eigenvalue weighted by atomic mass is 9.94. The third kappa shape index (κ3) is 6.72. The molecule has 218 valence electrons. The van der Waals surface area contributed by atoms with Gasteiger partial charge in [0.05, 0.1) is 31.1 Å². The standard InChI is InChI=1S/C32H35N5O5/c1-6-42-29(39)18-33-17-28(38)21(4)23-11-13-24(14-12-23)26-8-7-9-27(31(26)40)34-35-30-22(5)36-37(32(30)41)25-15-10-19(2)20(3)16-25/h7-16,21,33,36,40H,6,17-18H2,1-5H3. The van der Waals surface area contributed by atoms with Gasteiger partial charge in [-0.1, -0.05) is 49.4 Å². The minimum absolute atomic E-state index is 0.0234. The summed E-state index contributed by atoms with van der Waals surface area (Å²) in [5, 5.41) is 25.3. The van der Waals surface area contributed by atoms with E-state index in [4.69, 9.17) is 4.74 Å². The molecule has 0 bridgehead atoms. The Morgan fingerprint density at radius 3 is 2.43 bits per heavy atom. The van der Waals surface area contributed by atoms with E-state index in [0.717, 1.165) is 22.3 Å². The normalized spacial score (nSPS) is 12.0. The van der Waals surface area contributed by atoms with Gasteiger partial charge in [0.1, 0.15) is 5.69 Å². The number of aryl methyl sites for hydroxylation is 3. The summed E-state index contributed by atoms with van der Waals surface area (Å²) in [6.45, 7) is 9.58. The van der Waals surface area contributed by atoms with Crippen molar-refractivity contribution < 1.29 is 19.4 Å². The van der Waals surface area contributed by atoms with E-state index < -0.39 is 5.97 Å². The Bertz CT molecular complexity index is 1680. The third-order valence-electron chi connectivity index (χ3n) is 7.14. The monoisotopic (exact) mass is 569 g/mol. The molecule has 0 aliphatic heterocycles. The highest BCUT2D eigenvalue weighted by molar-refractivity contribution is 5.88. The van der Waals surface area contributed by atoms with E-state index in [9.17, 15) is 19.5 Å². The molecule has 0 spiro atoms. The molecule has 1 atom stereocenters. The number of phenols is 1. The van der Waals surface area contributed by atoms with Crippen molar-refractivity contribution in [1.82, 2.24) is 15.1 Å². The van der Waals surface area contributed by atoms with Crippen LogP contribution in [0.4, 0.5) is 11.4 Å². The number of nitrogens with zero attached hydrogens (tertiary/aromatic N) is 3. The maximum Gasteiger partial charge on any atom is 0.319 e. The number of azo groups is 1. The van der Waals surface area contributed by atoms with Crippen molar-refractivity contribution >= 4 is 23.1 Å². The number of para-hydroxylation sites is 1. The van der Waals surface area contributed by atoms with Crippen LogP contribution in [0.3, 0.4) is 0 Å². The van der Waals surface area contributed by atoms with Gasteiger partial charge in [-0.25, -0.2) is 4.68 Å². The highest BCUT2D eigenvalue weighted by Gasteiger charge is 2.17. The number of carbonyl (C=O) groups is 2. The van der Waals surface area contributed by atoms with Crippen LogP contribution < -0.4 is 10.9 Å². The van der Waals surface area contributed by atoms with Gasteiger partial charge in [-0.2, -0.15) is 0 Å². The molecule has 1 heterocycles. The van der Waals surface area contributed by atoms with E-state index in [0.29, 0.717) is 23.6 Å². The molecule has 4 aromatic rings. The SMILES string of the molecule is CCOC(=O)CNCC(=O)C(C)c1ccc(-c2cccc(N=Nc3c(C)[nH]n(-c4ccc(C)c(C)c4)c3=O)c2O)cc1. The highest BCUT2D eigenvalue weighted by Crippen LogP contribution is 2.38. The molecular formula is C32H35N5O5. The molecule has 1 unspecified atom stereocenters. The first-order chi connectivity index (χ1) is 20.1. The fourth-order valence-electron chi connectivity index (χ4n) is 4.44. The minimum atomic E-state index is -0.401. The number of rotatable bonds is 11. The molecule has 0 saturated carbocycles. The Morgan fingerprint density at radius 2 is 1.74 bits per heavy atom. The Balaban J connectivity index is 1.50. The number of aromatic amines is 1. The topological polar surface area (TPSA) is 138 Å². The van der Waals surface area contributed by atoms with Gasteiger partial charge in [-0.3, -0.25) is 19.5 Å². The molecule has 1 aromatic heterocycles. The number of esters is 1. The predicted octanol–water partition coefficient (Wildman–Crippen LogP) is 5.70. The van der Waals surface area contributed by atoms with Crippen LogP contribution in [0.2, 0.25) is 0 Å². The van der Waals surface area contributed by atoms with E-state index in [1.54, 1.807) is 39.0 Å². The number of Topliss-reactive ketones (excluding diaryl/α,β-unsaturated/α-hetero) is 1. The number of benzene rings is 3. The second kappa shape index (κ2) is 13.2. The molecule has 0 aliphatic rings. The van der Waals surface area contributed by atoms with Crippen LogP contribution in [-0.4, -0.2) is 46.3 Å². The third-order valence-corrected chi connectivity index (χ3v) is 7.14. The average molecular weight is 570 g/mol. The molecule has 0 saturated heterocycles. The summed E-state index contributed by atoms with van der Waals surface area (Å²) in [5.74, 6) is -0.931. The summed E-state index contributed by atoms with van der Waals surface area (Å²) >= 11 is 0. The zero-order chi connectivity index (χ0) is 30.4. The number of phenolic OH excluding ortho intramolecular Hbond substituents is 1. The quantitative estimate of drug-likeness (QED) is 0.156. The Kier molecular flexibility index (Phi) is 9.49. The van der Waals surface area contributed by atoms with E-state index in [-0.39, 0.29) is 47.5 Å². The van der Waals surface area contributed by atoms with Crippen LogP contribution in [0.25, 0.3) is 16.8 Å². The average Bonchev–Trinajstić information content (AvgIpc) is 3.26. The molecule has 3 N–H and O–H groups in total. The van der Waals surface area contributed by atoms with Crippen LogP contribution in [0.15, 0.2) is 75.7 Å². The number of aromatic nitrogens is 2. The van der Waals surface area contributed by atoms with Crippen LogP contribution in [0, 0.1) is 20.8 Å². The van der Waals surface area contributed by atoms with Crippen molar-refractivity contribution in [2.75, 3.05) is 19.7 Å². The van der Waals surface area contributed by atoms with Gasteiger partial charge < -0.3 is 15.2 Å². The van der Waals surface area contributed by atoms with Gasteiger partial charge in [-0.15, -0.1) is 10.2 Å². The summed E-state index contributed by atoms with van der Waals surface area (Å²) in [6.07, 6.45) is 0. The number of nitrogens with one attached hydrogen (secondary N) is 2. The number of ketones is 1. The molecule has 10 heteroatoms. The summed E-state index contributed by atoms with van der Waals surface area (Å²) in [6, 6.07) is 18.2. The second-order valence-electron chi connectivity index (χ2n) is 10.1. The van der Waals surface area contributed by atoms with Crippen molar-refractivity contribution in [1.29, 1.82) is 0 Å². The van der Waals surface area contributed by atoms with Gasteiger partial charge >= 0.3 is 5.97 Å². The number of hydrogen-bond donors (Lipinski definition) is 3. The van der Waals surface area contributed by atoms with E-state index in [1.165, 1.54) is 4.68 Å². The lowest BCUT2D eigenvalue weighted by Crippen LogP contribution is -2.31. The summed E-state index contributed by atoms with van der Waals surface area (Å²) in [5.41, 5.74) is 5.53. The number of carbonyl (C=O) groups excluding carboxylic acids is 2. The van der Waals surface area contributed by atoms with E-state index in [1.807, 2.05) is 56.3 Å². The molecule has 42 heavy (non-hydrogen) atoms. The molecular weight excluding hydrogens is 534 g/mol. The molecule has 0 fully saturated rings. The van der Waals surface area contributed by atoms with Crippen molar-refractivity contribution in [2.24, 2.45) is 10.2 Å². The van der Waals surface area contributed by atoms with Crippen molar-refractivity contribution in [3.8, 4) is 22.6 Å².